The maximum absolute atomic E-state index is 13.1. The van der Waals surface area contributed by atoms with Crippen LogP contribution in [0.25, 0.3) is 0 Å². The van der Waals surface area contributed by atoms with Crippen LogP contribution in [0.2, 0.25) is 9.45 Å². The zero-order chi connectivity index (χ0) is 13.5. The van der Waals surface area contributed by atoms with Crippen molar-refractivity contribution in [1.29, 1.82) is 0 Å². The fourth-order valence-electron chi connectivity index (χ4n) is 4.08. The molecule has 0 aromatic rings. The Hall–Kier alpha value is 0.434. The van der Waals surface area contributed by atoms with Gasteiger partial charge in [0.1, 0.15) is 0 Å². The molecule has 0 N–H and O–H groups in total. The molecule has 4 heteroatoms. The normalized spacial score (nSPS) is 41.1. The van der Waals surface area contributed by atoms with Crippen LogP contribution in [0, 0.1) is 10.8 Å². The van der Waals surface area contributed by atoms with E-state index in [0.717, 1.165) is 25.7 Å². The Kier molecular flexibility index (Phi) is 3.69. The molecule has 0 aromatic carbocycles. The van der Waals surface area contributed by atoms with Crippen LogP contribution in [0.15, 0.2) is 0 Å². The molecule has 0 aromatic heterocycles. The van der Waals surface area contributed by atoms with Gasteiger partial charge in [-0.3, -0.25) is 0 Å². The van der Waals surface area contributed by atoms with Gasteiger partial charge in [0, 0.05) is 0 Å². The molecule has 2 fully saturated rings. The van der Waals surface area contributed by atoms with Gasteiger partial charge in [-0.2, -0.15) is 0 Å². The molecule has 3 nitrogen and oxygen atoms in total. The van der Waals surface area contributed by atoms with Gasteiger partial charge in [-0.25, -0.2) is 0 Å². The van der Waals surface area contributed by atoms with Crippen molar-refractivity contribution in [3.8, 4) is 0 Å². The van der Waals surface area contributed by atoms with E-state index in [1.165, 1.54) is 0 Å². The van der Waals surface area contributed by atoms with Crippen molar-refractivity contribution in [3.63, 3.8) is 0 Å². The van der Waals surface area contributed by atoms with E-state index in [2.05, 4.69) is 27.7 Å². The number of rotatable bonds is 4. The summed E-state index contributed by atoms with van der Waals surface area (Å²) in [6, 6.07) is 0. The van der Waals surface area contributed by atoms with Crippen molar-refractivity contribution < 1.29 is 26.0 Å². The molecular formula is C14H28O3Ti. The van der Waals surface area contributed by atoms with Gasteiger partial charge in [0.05, 0.1) is 0 Å². The van der Waals surface area contributed by atoms with E-state index in [9.17, 15) is 3.32 Å². The molecule has 0 unspecified atom stereocenters. The zero-order valence-electron chi connectivity index (χ0n) is 12.4. The van der Waals surface area contributed by atoms with Crippen molar-refractivity contribution in [2.45, 2.75) is 62.8 Å². The fraction of sp³-hybridized carbons (Fsp3) is 1.00. The van der Waals surface area contributed by atoms with Gasteiger partial charge in [0.2, 0.25) is 0 Å². The van der Waals surface area contributed by atoms with Gasteiger partial charge in [-0.1, -0.05) is 0 Å². The molecule has 2 aliphatic heterocycles. The average molecular weight is 292 g/mol. The molecule has 0 atom stereocenters. The molecule has 2 rings (SSSR count). The maximum atomic E-state index is 13.1. The zero-order valence-corrected chi connectivity index (χ0v) is 13.9. The van der Waals surface area contributed by atoms with Crippen molar-refractivity contribution in [2.24, 2.45) is 10.8 Å². The van der Waals surface area contributed by atoms with Crippen LogP contribution in [0.1, 0.15) is 53.4 Å². The average Bonchev–Trinajstić information content (AvgIpc) is 2.23. The Morgan fingerprint density at radius 2 is 1.39 bits per heavy atom. The number of hydrogen-bond donors (Lipinski definition) is 0. The summed E-state index contributed by atoms with van der Waals surface area (Å²) in [7, 11) is 0. The molecular weight excluding hydrogens is 264 g/mol. The summed E-state index contributed by atoms with van der Waals surface area (Å²) in [5, 5.41) is 0. The van der Waals surface area contributed by atoms with Gasteiger partial charge >= 0.3 is 113 Å². The van der Waals surface area contributed by atoms with Crippen molar-refractivity contribution >= 4 is 0 Å². The Bertz CT molecular complexity index is 365. The quantitative estimate of drug-likeness (QED) is 0.722. The molecule has 0 amide bonds. The Balaban J connectivity index is 1.99. The molecule has 106 valence electrons. The summed E-state index contributed by atoms with van der Waals surface area (Å²) in [6.45, 7) is 10.0. The van der Waals surface area contributed by atoms with E-state index in [0.29, 0.717) is 22.7 Å². The van der Waals surface area contributed by atoms with Gasteiger partial charge in [-0.15, -0.1) is 0 Å². The van der Waals surface area contributed by atoms with Gasteiger partial charge in [-0.05, 0) is 0 Å². The first-order valence-electron chi connectivity index (χ1n) is 7.43. The topological polar surface area (TPSA) is 35.5 Å². The summed E-state index contributed by atoms with van der Waals surface area (Å²) in [6.07, 6.45) is 4.49. The van der Waals surface area contributed by atoms with Crippen molar-refractivity contribution in [2.75, 3.05) is 13.2 Å². The van der Waals surface area contributed by atoms with E-state index in [1.807, 2.05) is 0 Å². The third-order valence-corrected chi connectivity index (χ3v) is 12.0. The van der Waals surface area contributed by atoms with Crippen LogP contribution in [0.3, 0.4) is 0 Å². The van der Waals surface area contributed by atoms with E-state index >= 15 is 0 Å². The monoisotopic (exact) mass is 292 g/mol. The Morgan fingerprint density at radius 3 is 1.83 bits per heavy atom. The van der Waals surface area contributed by atoms with E-state index in [-0.39, 0.29) is 10.8 Å². The summed E-state index contributed by atoms with van der Waals surface area (Å²) >= 11 is -4.17. The van der Waals surface area contributed by atoms with E-state index in [4.69, 9.17) is 6.64 Å². The first kappa shape index (κ1) is 14.8. The van der Waals surface area contributed by atoms with Crippen LogP contribution in [0.5, 0.6) is 0 Å². The summed E-state index contributed by atoms with van der Waals surface area (Å²) in [4.78, 5) is 0. The van der Waals surface area contributed by atoms with Crippen LogP contribution in [-0.2, 0) is 26.0 Å². The standard InChI is InChI=1S/C7H14O2.C7H14.O.Ti/c1-3-4-7(2,5-8)6-9;1-5-6-7(2,3)4;;/h3-6H2,1-2H3;2-3,5-6H2,1,4H3;;/q-2;;;+2. The molecule has 1 spiro atoms. The van der Waals surface area contributed by atoms with Crippen LogP contribution in [-0.4, -0.2) is 13.2 Å². The molecule has 18 heavy (non-hydrogen) atoms. The van der Waals surface area contributed by atoms with Crippen molar-refractivity contribution in [3.05, 3.63) is 0 Å². The molecule has 0 bridgehead atoms. The van der Waals surface area contributed by atoms with Gasteiger partial charge in [0.25, 0.3) is 0 Å². The second kappa shape index (κ2) is 4.48. The van der Waals surface area contributed by atoms with E-state index < -0.39 is 16.1 Å². The summed E-state index contributed by atoms with van der Waals surface area (Å²) < 4.78 is 26.3. The van der Waals surface area contributed by atoms with Crippen LogP contribution < -0.4 is 0 Å². The van der Waals surface area contributed by atoms with Crippen LogP contribution >= 0.6 is 0 Å². The third kappa shape index (κ3) is 2.65. The second-order valence-electron chi connectivity index (χ2n) is 7.42. The molecule has 0 saturated carbocycles. The predicted octanol–water partition coefficient (Wildman–Crippen LogP) is 4.36. The summed E-state index contributed by atoms with van der Waals surface area (Å²) in [5.74, 6) is 0. The van der Waals surface area contributed by atoms with E-state index in [1.54, 1.807) is 0 Å². The second-order valence-corrected chi connectivity index (χ2v) is 13.7. The molecule has 2 aliphatic rings. The Morgan fingerprint density at radius 1 is 0.944 bits per heavy atom. The minimum atomic E-state index is -4.17. The molecule has 2 saturated heterocycles. The predicted molar refractivity (Wildman–Crippen MR) is 68.2 cm³/mol. The molecule has 2 heterocycles. The van der Waals surface area contributed by atoms with Gasteiger partial charge < -0.3 is 0 Å². The summed E-state index contributed by atoms with van der Waals surface area (Å²) in [5.41, 5.74) is 0.270. The van der Waals surface area contributed by atoms with Crippen molar-refractivity contribution in [1.82, 2.24) is 0 Å². The minimum absolute atomic E-state index is 0.0699. The van der Waals surface area contributed by atoms with Crippen LogP contribution in [0.4, 0.5) is 0 Å². The Labute approximate surface area is 113 Å². The van der Waals surface area contributed by atoms with Gasteiger partial charge in [0.15, 0.2) is 0 Å². The first-order valence-corrected chi connectivity index (χ1v) is 11.6. The fourth-order valence-corrected chi connectivity index (χ4v) is 12.5. The third-order valence-electron chi connectivity index (χ3n) is 4.73. The molecule has 0 aliphatic carbocycles. The number of hydrogen-bond acceptors (Lipinski definition) is 3. The molecule has 0 radical (unpaired) electrons. The first-order chi connectivity index (χ1) is 8.25. The SMILES string of the molecule is CCCC1(C)C[O][Ti]2(=[O])([CH2]C(C)(CCC)[CH2]2)[O]C1.